The van der Waals surface area contributed by atoms with E-state index in [1.807, 2.05) is 35.7 Å². The van der Waals surface area contributed by atoms with Crippen LogP contribution in [0.1, 0.15) is 16.2 Å². The van der Waals surface area contributed by atoms with Crippen LogP contribution in [-0.4, -0.2) is 64.7 Å². The molecule has 0 spiro atoms. The van der Waals surface area contributed by atoms with Crippen molar-refractivity contribution in [3.05, 3.63) is 35.8 Å². The van der Waals surface area contributed by atoms with Gasteiger partial charge in [-0.2, -0.15) is 0 Å². The quantitative estimate of drug-likeness (QED) is 0.784. The molecule has 1 aliphatic heterocycles. The SMILES string of the molecule is Cc1nc2ccccn2c1C(=O)CN1CCN(C)CC1. The van der Waals surface area contributed by atoms with E-state index in [0.717, 1.165) is 43.2 Å². The molecule has 20 heavy (non-hydrogen) atoms. The van der Waals surface area contributed by atoms with E-state index in [9.17, 15) is 4.79 Å². The lowest BCUT2D eigenvalue weighted by atomic mass is 10.2. The molecule has 2 aromatic rings. The van der Waals surface area contributed by atoms with Crippen molar-refractivity contribution in [3.8, 4) is 0 Å². The van der Waals surface area contributed by atoms with Crippen LogP contribution < -0.4 is 0 Å². The molecule has 0 unspecified atom stereocenters. The van der Waals surface area contributed by atoms with Gasteiger partial charge in [-0.3, -0.25) is 14.1 Å². The number of pyridine rings is 1. The standard InChI is InChI=1S/C15H20N4O/c1-12-15(19-6-4-3-5-14(19)16-12)13(20)11-18-9-7-17(2)8-10-18/h3-6H,7-11H2,1-2H3. The van der Waals surface area contributed by atoms with Gasteiger partial charge in [-0.15, -0.1) is 0 Å². The largest absolute Gasteiger partial charge is 0.304 e. The predicted octanol–water partition coefficient (Wildman–Crippen LogP) is 1.07. The maximum absolute atomic E-state index is 12.6. The molecule has 0 aromatic carbocycles. The van der Waals surface area contributed by atoms with Gasteiger partial charge in [-0.05, 0) is 26.1 Å². The Morgan fingerprint density at radius 2 is 2.00 bits per heavy atom. The molecular formula is C15H20N4O. The van der Waals surface area contributed by atoms with Gasteiger partial charge in [0, 0.05) is 32.4 Å². The highest BCUT2D eigenvalue weighted by atomic mass is 16.1. The van der Waals surface area contributed by atoms with Crippen molar-refractivity contribution >= 4 is 11.4 Å². The first-order valence-corrected chi connectivity index (χ1v) is 7.03. The van der Waals surface area contributed by atoms with Gasteiger partial charge in [0.25, 0.3) is 0 Å². The Kier molecular flexibility index (Phi) is 3.54. The minimum atomic E-state index is 0.158. The number of piperazine rings is 1. The molecule has 0 amide bonds. The number of hydrogen-bond donors (Lipinski definition) is 0. The van der Waals surface area contributed by atoms with E-state index in [2.05, 4.69) is 21.8 Å². The fourth-order valence-corrected chi connectivity index (χ4v) is 2.73. The van der Waals surface area contributed by atoms with Crippen molar-refractivity contribution in [1.82, 2.24) is 19.2 Å². The van der Waals surface area contributed by atoms with Gasteiger partial charge in [0.15, 0.2) is 5.78 Å². The number of Topliss-reactive ketones (excluding diaryl/α,β-unsaturated/α-hetero) is 1. The van der Waals surface area contributed by atoms with Crippen molar-refractivity contribution in [1.29, 1.82) is 0 Å². The molecule has 0 atom stereocenters. The maximum atomic E-state index is 12.6. The van der Waals surface area contributed by atoms with E-state index in [0.29, 0.717) is 6.54 Å². The number of likely N-dealkylation sites (N-methyl/N-ethyl adjacent to an activating group) is 1. The number of aryl methyl sites for hydroxylation is 1. The number of imidazole rings is 1. The molecule has 0 radical (unpaired) electrons. The van der Waals surface area contributed by atoms with Crippen LogP contribution in [0.25, 0.3) is 5.65 Å². The third kappa shape index (κ3) is 2.46. The predicted molar refractivity (Wildman–Crippen MR) is 78.2 cm³/mol. The van der Waals surface area contributed by atoms with Crippen LogP contribution >= 0.6 is 0 Å². The number of rotatable bonds is 3. The Morgan fingerprint density at radius 1 is 1.25 bits per heavy atom. The smallest absolute Gasteiger partial charge is 0.195 e. The van der Waals surface area contributed by atoms with Crippen LogP contribution in [0.3, 0.4) is 0 Å². The number of hydrogen-bond acceptors (Lipinski definition) is 4. The van der Waals surface area contributed by atoms with E-state index >= 15 is 0 Å². The Bertz CT molecular complexity index is 626. The summed E-state index contributed by atoms with van der Waals surface area (Å²) in [6.45, 7) is 6.36. The number of ketones is 1. The minimum Gasteiger partial charge on any atom is -0.304 e. The fraction of sp³-hybridized carbons (Fsp3) is 0.467. The zero-order chi connectivity index (χ0) is 14.1. The molecule has 0 N–H and O–H groups in total. The molecule has 106 valence electrons. The van der Waals surface area contributed by atoms with Crippen LogP contribution in [0.4, 0.5) is 0 Å². The molecule has 0 bridgehead atoms. The van der Waals surface area contributed by atoms with Crippen LogP contribution in [0.5, 0.6) is 0 Å². The average Bonchev–Trinajstić information content (AvgIpc) is 2.77. The van der Waals surface area contributed by atoms with Gasteiger partial charge in [-0.25, -0.2) is 4.98 Å². The summed E-state index contributed by atoms with van der Waals surface area (Å²) in [5.74, 6) is 0.158. The summed E-state index contributed by atoms with van der Waals surface area (Å²) >= 11 is 0. The van der Waals surface area contributed by atoms with E-state index in [1.54, 1.807) is 0 Å². The molecule has 3 rings (SSSR count). The van der Waals surface area contributed by atoms with Gasteiger partial charge >= 0.3 is 0 Å². The second kappa shape index (κ2) is 5.34. The summed E-state index contributed by atoms with van der Waals surface area (Å²) in [5.41, 5.74) is 2.38. The third-order valence-corrected chi connectivity index (χ3v) is 3.93. The van der Waals surface area contributed by atoms with Crippen molar-refractivity contribution in [2.45, 2.75) is 6.92 Å². The Labute approximate surface area is 118 Å². The summed E-state index contributed by atoms with van der Waals surface area (Å²) in [6, 6.07) is 5.80. The highest BCUT2D eigenvalue weighted by Gasteiger charge is 2.21. The van der Waals surface area contributed by atoms with Crippen LogP contribution in [0.2, 0.25) is 0 Å². The summed E-state index contributed by atoms with van der Waals surface area (Å²) in [5, 5.41) is 0. The summed E-state index contributed by atoms with van der Waals surface area (Å²) in [4.78, 5) is 21.5. The van der Waals surface area contributed by atoms with Crippen LogP contribution in [-0.2, 0) is 0 Å². The van der Waals surface area contributed by atoms with Gasteiger partial charge < -0.3 is 4.90 Å². The zero-order valence-corrected chi connectivity index (χ0v) is 12.0. The lowest BCUT2D eigenvalue weighted by Gasteiger charge is -2.31. The number of nitrogens with zero attached hydrogens (tertiary/aromatic N) is 4. The highest BCUT2D eigenvalue weighted by molar-refractivity contribution is 5.98. The summed E-state index contributed by atoms with van der Waals surface area (Å²) in [7, 11) is 2.12. The second-order valence-electron chi connectivity index (χ2n) is 5.48. The minimum absolute atomic E-state index is 0.158. The normalized spacial score (nSPS) is 17.7. The first kappa shape index (κ1) is 13.3. The van der Waals surface area contributed by atoms with Crippen molar-refractivity contribution in [3.63, 3.8) is 0 Å². The van der Waals surface area contributed by atoms with Gasteiger partial charge in [0.1, 0.15) is 11.3 Å². The molecule has 0 saturated carbocycles. The molecule has 1 saturated heterocycles. The molecule has 5 nitrogen and oxygen atoms in total. The Balaban J connectivity index is 1.80. The van der Waals surface area contributed by atoms with Gasteiger partial charge in [0.2, 0.25) is 0 Å². The average molecular weight is 272 g/mol. The fourth-order valence-electron chi connectivity index (χ4n) is 2.73. The van der Waals surface area contributed by atoms with Crippen molar-refractivity contribution < 1.29 is 4.79 Å². The van der Waals surface area contributed by atoms with E-state index in [4.69, 9.17) is 0 Å². The number of carbonyl (C=O) groups excluding carboxylic acids is 1. The molecular weight excluding hydrogens is 252 g/mol. The first-order valence-electron chi connectivity index (χ1n) is 7.03. The lowest BCUT2D eigenvalue weighted by molar-refractivity contribution is 0.0870. The van der Waals surface area contributed by atoms with E-state index < -0.39 is 0 Å². The highest BCUT2D eigenvalue weighted by Crippen LogP contribution is 2.13. The number of carbonyl (C=O) groups is 1. The molecule has 1 aliphatic rings. The van der Waals surface area contributed by atoms with Gasteiger partial charge in [0.05, 0.1) is 12.2 Å². The first-order chi connectivity index (χ1) is 9.65. The third-order valence-electron chi connectivity index (χ3n) is 3.93. The van der Waals surface area contributed by atoms with Crippen molar-refractivity contribution in [2.24, 2.45) is 0 Å². The van der Waals surface area contributed by atoms with Crippen LogP contribution in [0.15, 0.2) is 24.4 Å². The molecule has 0 aliphatic carbocycles. The van der Waals surface area contributed by atoms with E-state index in [-0.39, 0.29) is 5.78 Å². The van der Waals surface area contributed by atoms with Crippen molar-refractivity contribution in [2.75, 3.05) is 39.8 Å². The van der Waals surface area contributed by atoms with Gasteiger partial charge in [-0.1, -0.05) is 6.07 Å². The summed E-state index contributed by atoms with van der Waals surface area (Å²) in [6.07, 6.45) is 1.91. The topological polar surface area (TPSA) is 40.9 Å². The Hall–Kier alpha value is -1.72. The Morgan fingerprint density at radius 3 is 2.75 bits per heavy atom. The maximum Gasteiger partial charge on any atom is 0.195 e. The number of fused-ring (bicyclic) bond motifs is 1. The number of aromatic nitrogens is 2. The lowest BCUT2D eigenvalue weighted by Crippen LogP contribution is -2.46. The summed E-state index contributed by atoms with van der Waals surface area (Å²) < 4.78 is 1.90. The van der Waals surface area contributed by atoms with Crippen LogP contribution in [0, 0.1) is 6.92 Å². The molecule has 5 heteroatoms. The molecule has 3 heterocycles. The van der Waals surface area contributed by atoms with E-state index in [1.165, 1.54) is 0 Å². The molecule has 1 fully saturated rings. The monoisotopic (exact) mass is 272 g/mol. The second-order valence-corrected chi connectivity index (χ2v) is 5.48. The zero-order valence-electron chi connectivity index (χ0n) is 12.0. The molecule has 2 aromatic heterocycles.